The number of amides is 2. The summed E-state index contributed by atoms with van der Waals surface area (Å²) in [6.07, 6.45) is 1.56. The van der Waals surface area contributed by atoms with Crippen molar-refractivity contribution in [2.45, 2.75) is 39.0 Å². The number of primary amides is 1. The van der Waals surface area contributed by atoms with Gasteiger partial charge in [-0.2, -0.15) is 0 Å². The van der Waals surface area contributed by atoms with Gasteiger partial charge >= 0.3 is 0 Å². The van der Waals surface area contributed by atoms with Crippen LogP contribution in [0.15, 0.2) is 24.3 Å². The minimum absolute atomic E-state index is 0.0153. The van der Waals surface area contributed by atoms with Gasteiger partial charge in [0.1, 0.15) is 5.75 Å². The number of carbonyl (C=O) groups is 2. The van der Waals surface area contributed by atoms with Crippen LogP contribution in [0.5, 0.6) is 5.75 Å². The smallest absolute Gasteiger partial charge is 0.260 e. The van der Waals surface area contributed by atoms with Crippen LogP contribution in [0.3, 0.4) is 0 Å². The Balaban J connectivity index is 1.99. The fraction of sp³-hybridized carbons (Fsp3) is 0.556. The third-order valence-corrected chi connectivity index (χ3v) is 4.22. The van der Waals surface area contributed by atoms with Gasteiger partial charge in [0, 0.05) is 13.1 Å². The zero-order valence-electron chi connectivity index (χ0n) is 14.2. The van der Waals surface area contributed by atoms with Gasteiger partial charge in [-0.25, -0.2) is 0 Å². The molecule has 0 aliphatic carbocycles. The second-order valence-corrected chi connectivity index (χ2v) is 7.12. The summed E-state index contributed by atoms with van der Waals surface area (Å²) in [7, 11) is 0. The van der Waals surface area contributed by atoms with E-state index < -0.39 is 0 Å². The van der Waals surface area contributed by atoms with Gasteiger partial charge < -0.3 is 15.4 Å². The predicted octanol–water partition coefficient (Wildman–Crippen LogP) is 2.09. The molecule has 0 radical (unpaired) electrons. The first-order valence-electron chi connectivity index (χ1n) is 8.08. The SMILES string of the molecule is CC(C)(C)c1ccccc1OCC(=O)N1CCCC(C(N)=O)C1. The third-order valence-electron chi connectivity index (χ3n) is 4.22. The maximum Gasteiger partial charge on any atom is 0.260 e. The molecule has 1 unspecified atom stereocenters. The van der Waals surface area contributed by atoms with Crippen molar-refractivity contribution < 1.29 is 14.3 Å². The Morgan fingerprint density at radius 2 is 2.00 bits per heavy atom. The Hall–Kier alpha value is -2.04. The molecule has 2 N–H and O–H groups in total. The quantitative estimate of drug-likeness (QED) is 0.924. The van der Waals surface area contributed by atoms with E-state index in [2.05, 4.69) is 20.8 Å². The highest BCUT2D eigenvalue weighted by Gasteiger charge is 2.27. The molecular weight excluding hydrogens is 292 g/mol. The van der Waals surface area contributed by atoms with Gasteiger partial charge in [0.15, 0.2) is 6.61 Å². The first kappa shape index (κ1) is 17.3. The predicted molar refractivity (Wildman–Crippen MR) is 89.1 cm³/mol. The first-order chi connectivity index (χ1) is 10.8. The standard InChI is InChI=1S/C18H26N2O3/c1-18(2,3)14-8-4-5-9-15(14)23-12-16(21)20-10-6-7-13(11-20)17(19)22/h4-5,8-9,13H,6-7,10-12H2,1-3H3,(H2,19,22). The number of carbonyl (C=O) groups excluding carboxylic acids is 2. The summed E-state index contributed by atoms with van der Waals surface area (Å²) in [5.41, 5.74) is 6.37. The van der Waals surface area contributed by atoms with Gasteiger partial charge in [-0.3, -0.25) is 9.59 Å². The second-order valence-electron chi connectivity index (χ2n) is 7.12. The summed E-state index contributed by atoms with van der Waals surface area (Å²) in [5, 5.41) is 0. The molecular formula is C18H26N2O3. The van der Waals surface area contributed by atoms with E-state index in [-0.39, 0.29) is 29.8 Å². The zero-order valence-corrected chi connectivity index (χ0v) is 14.2. The Kier molecular flexibility index (Phi) is 5.29. The summed E-state index contributed by atoms with van der Waals surface area (Å²) in [6.45, 7) is 7.38. The monoisotopic (exact) mass is 318 g/mol. The summed E-state index contributed by atoms with van der Waals surface area (Å²) >= 11 is 0. The van der Waals surface area contributed by atoms with E-state index in [4.69, 9.17) is 10.5 Å². The van der Waals surface area contributed by atoms with Gasteiger partial charge in [0.2, 0.25) is 5.91 Å². The molecule has 0 saturated carbocycles. The number of rotatable bonds is 4. The molecule has 1 aromatic rings. The molecule has 5 nitrogen and oxygen atoms in total. The number of ether oxygens (including phenoxy) is 1. The number of hydrogen-bond donors (Lipinski definition) is 1. The van der Waals surface area contributed by atoms with Crippen LogP contribution >= 0.6 is 0 Å². The maximum atomic E-state index is 12.3. The van der Waals surface area contributed by atoms with E-state index in [1.54, 1.807) is 4.90 Å². The van der Waals surface area contributed by atoms with Crippen LogP contribution in [0.4, 0.5) is 0 Å². The number of para-hydroxylation sites is 1. The molecule has 0 spiro atoms. The van der Waals surface area contributed by atoms with Gasteiger partial charge in [0.25, 0.3) is 5.91 Å². The minimum Gasteiger partial charge on any atom is -0.483 e. The number of nitrogens with two attached hydrogens (primary N) is 1. The van der Waals surface area contributed by atoms with Crippen molar-refractivity contribution in [3.05, 3.63) is 29.8 Å². The summed E-state index contributed by atoms with van der Waals surface area (Å²) < 4.78 is 5.77. The highest BCUT2D eigenvalue weighted by atomic mass is 16.5. The lowest BCUT2D eigenvalue weighted by Crippen LogP contribution is -2.45. The van der Waals surface area contributed by atoms with Crippen LogP contribution in [-0.4, -0.2) is 36.4 Å². The fourth-order valence-corrected chi connectivity index (χ4v) is 2.88. The maximum absolute atomic E-state index is 12.3. The van der Waals surface area contributed by atoms with Crippen LogP contribution in [0.25, 0.3) is 0 Å². The molecule has 23 heavy (non-hydrogen) atoms. The molecule has 0 bridgehead atoms. The Labute approximate surface area is 137 Å². The van der Waals surface area contributed by atoms with Gasteiger partial charge in [-0.15, -0.1) is 0 Å². The molecule has 2 rings (SSSR count). The normalized spacial score (nSPS) is 18.6. The zero-order chi connectivity index (χ0) is 17.0. The van der Waals surface area contributed by atoms with E-state index in [0.29, 0.717) is 13.1 Å². The highest BCUT2D eigenvalue weighted by Crippen LogP contribution is 2.31. The van der Waals surface area contributed by atoms with E-state index in [1.807, 2.05) is 24.3 Å². The Morgan fingerprint density at radius 1 is 1.30 bits per heavy atom. The van der Waals surface area contributed by atoms with E-state index >= 15 is 0 Å². The average Bonchev–Trinajstić information content (AvgIpc) is 2.52. The van der Waals surface area contributed by atoms with E-state index in [0.717, 1.165) is 24.2 Å². The van der Waals surface area contributed by atoms with Gasteiger partial charge in [0.05, 0.1) is 5.92 Å². The third kappa shape index (κ3) is 4.47. The molecule has 1 fully saturated rings. The molecule has 1 heterocycles. The number of hydrogen-bond acceptors (Lipinski definition) is 3. The van der Waals surface area contributed by atoms with E-state index in [9.17, 15) is 9.59 Å². The molecule has 1 atom stereocenters. The number of likely N-dealkylation sites (tertiary alicyclic amines) is 1. The largest absolute Gasteiger partial charge is 0.483 e. The molecule has 5 heteroatoms. The van der Waals surface area contributed by atoms with Crippen molar-refractivity contribution in [1.82, 2.24) is 4.90 Å². The van der Waals surface area contributed by atoms with Crippen molar-refractivity contribution >= 4 is 11.8 Å². The number of piperidine rings is 1. The van der Waals surface area contributed by atoms with E-state index in [1.165, 1.54) is 0 Å². The van der Waals surface area contributed by atoms with Crippen LogP contribution in [-0.2, 0) is 15.0 Å². The highest BCUT2D eigenvalue weighted by molar-refractivity contribution is 5.81. The van der Waals surface area contributed by atoms with Crippen molar-refractivity contribution in [1.29, 1.82) is 0 Å². The minimum atomic E-state index is -0.332. The first-order valence-corrected chi connectivity index (χ1v) is 8.08. The van der Waals surface area contributed by atoms with Crippen molar-refractivity contribution in [3.8, 4) is 5.75 Å². The molecule has 1 aliphatic rings. The number of nitrogens with zero attached hydrogens (tertiary/aromatic N) is 1. The topological polar surface area (TPSA) is 72.6 Å². The fourth-order valence-electron chi connectivity index (χ4n) is 2.88. The van der Waals surface area contributed by atoms with Crippen molar-refractivity contribution in [3.63, 3.8) is 0 Å². The summed E-state index contributed by atoms with van der Waals surface area (Å²) in [5.74, 6) is 0.0625. The molecule has 1 saturated heterocycles. The Morgan fingerprint density at radius 3 is 2.65 bits per heavy atom. The lowest BCUT2D eigenvalue weighted by Gasteiger charge is -2.31. The van der Waals surface area contributed by atoms with Crippen LogP contribution in [0.2, 0.25) is 0 Å². The Bertz CT molecular complexity index is 578. The van der Waals surface area contributed by atoms with Crippen LogP contribution in [0.1, 0.15) is 39.2 Å². The molecule has 1 aliphatic heterocycles. The van der Waals surface area contributed by atoms with Crippen molar-refractivity contribution in [2.75, 3.05) is 19.7 Å². The van der Waals surface area contributed by atoms with Crippen molar-refractivity contribution in [2.24, 2.45) is 11.7 Å². The average molecular weight is 318 g/mol. The lowest BCUT2D eigenvalue weighted by atomic mass is 9.86. The molecule has 126 valence electrons. The van der Waals surface area contributed by atoms with Crippen LogP contribution < -0.4 is 10.5 Å². The summed E-state index contributed by atoms with van der Waals surface area (Å²) in [4.78, 5) is 25.3. The van der Waals surface area contributed by atoms with Crippen LogP contribution in [0, 0.1) is 5.92 Å². The second kappa shape index (κ2) is 7.02. The molecule has 2 amide bonds. The van der Waals surface area contributed by atoms with Gasteiger partial charge in [-0.05, 0) is 29.9 Å². The molecule has 0 aromatic heterocycles. The lowest BCUT2D eigenvalue weighted by molar-refractivity contribution is -0.136. The molecule has 1 aromatic carbocycles. The van der Waals surface area contributed by atoms with Gasteiger partial charge in [-0.1, -0.05) is 39.0 Å². The summed E-state index contributed by atoms with van der Waals surface area (Å²) in [6, 6.07) is 7.77. The number of benzene rings is 1.